The molecule has 0 saturated carbocycles. The van der Waals surface area contributed by atoms with E-state index in [1.165, 1.54) is 24.3 Å². The molecular formula is C26H27ClF4N2O6S. The monoisotopic (exact) mass is 606 g/mol. The second-order valence-electron chi connectivity index (χ2n) is 8.84. The third kappa shape index (κ3) is 10.0. The molecule has 2 unspecified atom stereocenters. The van der Waals surface area contributed by atoms with Crippen LogP contribution in [0, 0.1) is 0 Å². The number of alkyl halides is 4. The van der Waals surface area contributed by atoms with Crippen LogP contribution in [0.3, 0.4) is 0 Å². The van der Waals surface area contributed by atoms with E-state index in [4.69, 9.17) is 11.6 Å². The minimum atomic E-state index is -3.65. The number of ether oxygens (including phenoxy) is 2. The number of phenolic OH excluding ortho intramolecular Hbond substituents is 1. The number of aromatic hydroxyl groups is 1. The Bertz CT molecular complexity index is 1400. The van der Waals surface area contributed by atoms with E-state index in [9.17, 15) is 36.2 Å². The van der Waals surface area contributed by atoms with E-state index < -0.39 is 46.9 Å². The number of halogens is 5. The van der Waals surface area contributed by atoms with Crippen LogP contribution in [0.5, 0.6) is 17.2 Å². The van der Waals surface area contributed by atoms with Crippen molar-refractivity contribution in [2.45, 2.75) is 38.2 Å². The van der Waals surface area contributed by atoms with Crippen LogP contribution in [0.2, 0.25) is 5.02 Å². The van der Waals surface area contributed by atoms with Crippen LogP contribution in [0.1, 0.15) is 22.7 Å². The smallest absolute Gasteiger partial charge is 0.387 e. The van der Waals surface area contributed by atoms with E-state index in [2.05, 4.69) is 19.5 Å². The molecule has 3 aromatic carbocycles. The van der Waals surface area contributed by atoms with Gasteiger partial charge in [-0.1, -0.05) is 35.9 Å². The van der Waals surface area contributed by atoms with Gasteiger partial charge < -0.3 is 25.0 Å². The topological polar surface area (TPSA) is 117 Å². The van der Waals surface area contributed by atoms with Crippen molar-refractivity contribution in [3.05, 3.63) is 82.4 Å². The largest absolute Gasteiger partial charge is 0.506 e. The molecule has 8 nitrogen and oxygen atoms in total. The van der Waals surface area contributed by atoms with Crippen molar-refractivity contribution in [2.75, 3.05) is 17.5 Å². The van der Waals surface area contributed by atoms with E-state index in [1.807, 2.05) is 0 Å². The lowest BCUT2D eigenvalue weighted by atomic mass is 9.97. The molecule has 2 atom stereocenters. The van der Waals surface area contributed by atoms with Gasteiger partial charge in [-0.2, -0.15) is 17.6 Å². The molecule has 0 spiro atoms. The Hall–Kier alpha value is -3.26. The highest BCUT2D eigenvalue weighted by Gasteiger charge is 2.21. The molecule has 0 aliphatic rings. The average Bonchev–Trinajstić information content (AvgIpc) is 2.83. The zero-order valence-corrected chi connectivity index (χ0v) is 22.6. The first-order chi connectivity index (χ1) is 18.8. The fourth-order valence-corrected chi connectivity index (χ4v) is 4.72. The Morgan fingerprint density at radius 1 is 0.900 bits per heavy atom. The quantitative estimate of drug-likeness (QED) is 0.149. The summed E-state index contributed by atoms with van der Waals surface area (Å²) in [6.07, 6.45) is 0.270. The van der Waals surface area contributed by atoms with Gasteiger partial charge in [0.15, 0.2) is 11.5 Å². The molecular weight excluding hydrogens is 580 g/mol. The zero-order chi connectivity index (χ0) is 29.4. The Balaban J connectivity index is 1.82. The minimum absolute atomic E-state index is 0.0126. The third-order valence-electron chi connectivity index (χ3n) is 5.56. The lowest BCUT2D eigenvalue weighted by Crippen LogP contribution is -2.32. The van der Waals surface area contributed by atoms with Crippen LogP contribution in [-0.4, -0.2) is 50.8 Å². The van der Waals surface area contributed by atoms with Crippen LogP contribution < -0.4 is 19.5 Å². The first-order valence-electron chi connectivity index (χ1n) is 11.8. The fourth-order valence-electron chi connectivity index (χ4n) is 3.94. The van der Waals surface area contributed by atoms with E-state index in [1.54, 1.807) is 24.3 Å². The van der Waals surface area contributed by atoms with Crippen LogP contribution >= 0.6 is 11.6 Å². The number of rotatable bonds is 14. The predicted molar refractivity (Wildman–Crippen MR) is 142 cm³/mol. The molecule has 3 rings (SSSR count). The lowest BCUT2D eigenvalue weighted by Gasteiger charge is -2.23. The molecule has 0 heterocycles. The summed E-state index contributed by atoms with van der Waals surface area (Å²) in [6.45, 7) is -6.56. The summed E-state index contributed by atoms with van der Waals surface area (Å²) in [5.41, 5.74) is 1.62. The van der Waals surface area contributed by atoms with Crippen LogP contribution in [0.15, 0.2) is 60.7 Å². The zero-order valence-electron chi connectivity index (χ0n) is 21.0. The Labute approximate surface area is 233 Å². The number of phenols is 1. The Kier molecular flexibility index (Phi) is 10.9. The highest BCUT2D eigenvalue weighted by Crippen LogP contribution is 2.34. The maximum absolute atomic E-state index is 13.0. The average molecular weight is 607 g/mol. The Morgan fingerprint density at radius 2 is 1.57 bits per heavy atom. The summed E-state index contributed by atoms with van der Waals surface area (Å²) in [5, 5.41) is 24.2. The van der Waals surface area contributed by atoms with Crippen molar-refractivity contribution in [1.82, 2.24) is 5.32 Å². The molecule has 0 aromatic heterocycles. The number of aliphatic hydroxyl groups is 1. The molecule has 0 amide bonds. The van der Waals surface area contributed by atoms with E-state index >= 15 is 0 Å². The number of hydrogen-bond acceptors (Lipinski definition) is 7. The summed E-state index contributed by atoms with van der Waals surface area (Å²) < 4.78 is 85.5. The molecule has 3 aromatic rings. The van der Waals surface area contributed by atoms with Gasteiger partial charge in [0.1, 0.15) is 5.75 Å². The van der Waals surface area contributed by atoms with Crippen LogP contribution in [-0.2, 0) is 22.9 Å². The molecule has 0 aliphatic carbocycles. The molecule has 14 heteroatoms. The van der Waals surface area contributed by atoms with Crippen LogP contribution in [0.25, 0.3) is 0 Å². The second-order valence-corrected chi connectivity index (χ2v) is 11.0. The van der Waals surface area contributed by atoms with Gasteiger partial charge in [-0.15, -0.1) is 0 Å². The van der Waals surface area contributed by atoms with Gasteiger partial charge in [-0.05, 0) is 65.9 Å². The van der Waals surface area contributed by atoms with Crippen molar-refractivity contribution in [3.8, 4) is 17.2 Å². The number of hydrogen-bond donors (Lipinski definition) is 4. The van der Waals surface area contributed by atoms with Gasteiger partial charge >= 0.3 is 13.2 Å². The standard InChI is InChI=1S/C26H27ClF4N2O6S/c1-40(36,37)33-21-12-16(5-7-22(21)35)10-19(34)14-32-20(11-15-3-2-4-18(27)9-15)17-6-8-23(38-25(28)29)24(13-17)39-26(30)31/h2-9,12-13,19-20,25-26,32-35H,10-11,14H2,1H3. The van der Waals surface area contributed by atoms with Crippen molar-refractivity contribution in [1.29, 1.82) is 0 Å². The summed E-state index contributed by atoms with van der Waals surface area (Å²) >= 11 is 6.10. The summed E-state index contributed by atoms with van der Waals surface area (Å²) in [6, 6.07) is 14.1. The number of sulfonamides is 1. The van der Waals surface area contributed by atoms with Crippen molar-refractivity contribution in [2.24, 2.45) is 0 Å². The number of anilines is 1. The SMILES string of the molecule is CS(=O)(=O)Nc1cc(CC(O)CNC(Cc2cccc(Cl)c2)c2ccc(OC(F)F)c(OC(F)F)c2)ccc1O. The van der Waals surface area contributed by atoms with Gasteiger partial charge in [-0.25, -0.2) is 8.42 Å². The predicted octanol–water partition coefficient (Wildman–Crippen LogP) is 5.10. The van der Waals surface area contributed by atoms with E-state index in [-0.39, 0.29) is 30.8 Å². The maximum atomic E-state index is 13.0. The molecule has 0 fully saturated rings. The minimum Gasteiger partial charge on any atom is -0.506 e. The number of benzene rings is 3. The Morgan fingerprint density at radius 3 is 2.23 bits per heavy atom. The second kappa shape index (κ2) is 13.9. The van der Waals surface area contributed by atoms with E-state index in [0.29, 0.717) is 16.1 Å². The van der Waals surface area contributed by atoms with E-state index in [0.717, 1.165) is 24.0 Å². The molecule has 4 N–H and O–H groups in total. The lowest BCUT2D eigenvalue weighted by molar-refractivity contribution is -0.0692. The molecule has 0 saturated heterocycles. The molecule has 218 valence electrons. The summed E-state index contributed by atoms with van der Waals surface area (Å²) in [5.74, 6) is -1.43. The molecule has 0 aliphatic heterocycles. The van der Waals surface area contributed by atoms with Gasteiger partial charge in [0.05, 0.1) is 18.0 Å². The normalized spacial score (nSPS) is 13.3. The van der Waals surface area contributed by atoms with Crippen LogP contribution in [0.4, 0.5) is 23.2 Å². The third-order valence-corrected chi connectivity index (χ3v) is 6.38. The first kappa shape index (κ1) is 31.3. The van der Waals surface area contributed by atoms with Gasteiger partial charge in [0.25, 0.3) is 0 Å². The molecule has 40 heavy (non-hydrogen) atoms. The summed E-state index contributed by atoms with van der Waals surface area (Å²) in [7, 11) is -3.65. The highest BCUT2D eigenvalue weighted by molar-refractivity contribution is 7.92. The van der Waals surface area contributed by atoms with Crippen molar-refractivity contribution < 1.29 is 45.7 Å². The maximum Gasteiger partial charge on any atom is 0.387 e. The fraction of sp³-hybridized carbons (Fsp3) is 0.308. The highest BCUT2D eigenvalue weighted by atomic mass is 35.5. The van der Waals surface area contributed by atoms with Crippen molar-refractivity contribution in [3.63, 3.8) is 0 Å². The van der Waals surface area contributed by atoms with Crippen molar-refractivity contribution >= 4 is 27.3 Å². The first-order valence-corrected chi connectivity index (χ1v) is 14.0. The molecule has 0 radical (unpaired) electrons. The number of aliphatic hydroxyl groups excluding tert-OH is 1. The van der Waals surface area contributed by atoms with Gasteiger partial charge in [0.2, 0.25) is 10.0 Å². The van der Waals surface area contributed by atoms with Gasteiger partial charge in [0, 0.05) is 17.6 Å². The molecule has 0 bridgehead atoms. The number of nitrogens with one attached hydrogen (secondary N) is 2. The van der Waals surface area contributed by atoms with Gasteiger partial charge in [-0.3, -0.25) is 4.72 Å². The summed E-state index contributed by atoms with van der Waals surface area (Å²) in [4.78, 5) is 0.